The molecule has 1 aromatic carbocycles. The first kappa shape index (κ1) is 21.1. The number of fused-ring (bicyclic) bond motifs is 1. The van der Waals surface area contributed by atoms with E-state index in [9.17, 15) is 18.4 Å². The monoisotopic (exact) mass is 421 g/mol. The molecule has 0 amide bonds. The number of hydrogen-bond donors (Lipinski definition) is 1. The minimum atomic E-state index is -0.635. The first-order valence-electron chi connectivity index (χ1n) is 9.07. The molecule has 0 radical (unpaired) electrons. The third kappa shape index (κ3) is 4.20. The van der Waals surface area contributed by atoms with Crippen molar-refractivity contribution in [3.63, 3.8) is 0 Å². The molecular formula is C20H21F2N3O3S. The first-order chi connectivity index (χ1) is 13.7. The van der Waals surface area contributed by atoms with Gasteiger partial charge in [-0.05, 0) is 39.4 Å². The van der Waals surface area contributed by atoms with Crippen molar-refractivity contribution in [1.29, 1.82) is 0 Å². The molecule has 1 unspecified atom stereocenters. The largest absolute Gasteiger partial charge is 0.462 e. The van der Waals surface area contributed by atoms with Gasteiger partial charge in [0, 0.05) is 18.2 Å². The number of rotatable bonds is 6. The van der Waals surface area contributed by atoms with Crippen molar-refractivity contribution in [3.8, 4) is 0 Å². The Morgan fingerprint density at radius 2 is 2.10 bits per heavy atom. The molecule has 0 aliphatic carbocycles. The summed E-state index contributed by atoms with van der Waals surface area (Å²) in [6.07, 6.45) is 0. The summed E-state index contributed by atoms with van der Waals surface area (Å²) in [5.41, 5.74) is 0.529. The van der Waals surface area contributed by atoms with Crippen molar-refractivity contribution in [3.05, 3.63) is 62.0 Å². The van der Waals surface area contributed by atoms with Gasteiger partial charge in [-0.15, -0.1) is 11.3 Å². The number of halogens is 2. The second-order valence-corrected chi connectivity index (χ2v) is 7.73. The number of ether oxygens (including phenoxy) is 1. The Morgan fingerprint density at radius 3 is 2.76 bits per heavy atom. The van der Waals surface area contributed by atoms with Gasteiger partial charge < -0.3 is 9.72 Å². The van der Waals surface area contributed by atoms with E-state index in [1.54, 1.807) is 25.8 Å². The Labute approximate surface area is 170 Å². The highest BCUT2D eigenvalue weighted by Crippen LogP contribution is 2.29. The summed E-state index contributed by atoms with van der Waals surface area (Å²) in [6.45, 7) is 5.66. The summed E-state index contributed by atoms with van der Waals surface area (Å²) >= 11 is 1.11. The summed E-state index contributed by atoms with van der Waals surface area (Å²) < 4.78 is 32.1. The van der Waals surface area contributed by atoms with Crippen LogP contribution in [0.4, 0.5) is 8.78 Å². The molecule has 154 valence electrons. The summed E-state index contributed by atoms with van der Waals surface area (Å²) in [5, 5.41) is 0.362. The van der Waals surface area contributed by atoms with Crippen LogP contribution in [0.15, 0.2) is 23.0 Å². The highest BCUT2D eigenvalue weighted by atomic mass is 32.1. The third-order valence-corrected chi connectivity index (χ3v) is 5.94. The summed E-state index contributed by atoms with van der Waals surface area (Å²) in [4.78, 5) is 34.6. The minimum absolute atomic E-state index is 0.201. The van der Waals surface area contributed by atoms with E-state index >= 15 is 0 Å². The van der Waals surface area contributed by atoms with Gasteiger partial charge in [-0.2, -0.15) is 0 Å². The lowest BCUT2D eigenvalue weighted by atomic mass is 10.1. The quantitative estimate of drug-likeness (QED) is 0.610. The summed E-state index contributed by atoms with van der Waals surface area (Å²) in [6, 6.07) is 3.08. The average molecular weight is 421 g/mol. The van der Waals surface area contributed by atoms with Gasteiger partial charge in [0.25, 0.3) is 5.56 Å². The molecule has 2 aromatic heterocycles. The van der Waals surface area contributed by atoms with E-state index in [2.05, 4.69) is 9.97 Å². The second-order valence-electron chi connectivity index (χ2n) is 6.73. The van der Waals surface area contributed by atoms with Gasteiger partial charge in [0.05, 0.1) is 18.0 Å². The van der Waals surface area contributed by atoms with E-state index in [0.717, 1.165) is 17.4 Å². The molecule has 0 saturated carbocycles. The number of aromatic nitrogens is 2. The zero-order valence-corrected chi connectivity index (χ0v) is 17.3. The highest BCUT2D eigenvalue weighted by Gasteiger charge is 2.22. The van der Waals surface area contributed by atoms with Crippen LogP contribution in [0.3, 0.4) is 0 Å². The lowest BCUT2D eigenvalue weighted by molar-refractivity contribution is 0.0531. The number of carbonyl (C=O) groups is 1. The van der Waals surface area contributed by atoms with Crippen molar-refractivity contribution >= 4 is 27.5 Å². The molecule has 1 N–H and O–H groups in total. The van der Waals surface area contributed by atoms with Gasteiger partial charge in [-0.25, -0.2) is 18.6 Å². The number of aromatic amines is 1. The molecule has 3 rings (SSSR count). The molecule has 3 aromatic rings. The molecule has 2 heterocycles. The molecule has 1 atom stereocenters. The standard InChI is InChI=1S/C20H21F2N3O3S/c1-5-28-20(27)16-10(2)15-18(26)23-17(24-19(15)29-16)11(3)25(4)9-12-6-7-13(21)8-14(12)22/h6-8,11H,5,9H2,1-4H3,(H,23,24,26). The number of nitrogens with one attached hydrogen (secondary N) is 1. The fraction of sp³-hybridized carbons (Fsp3) is 0.350. The van der Waals surface area contributed by atoms with Crippen LogP contribution in [0.5, 0.6) is 0 Å². The Kier molecular flexibility index (Phi) is 6.09. The van der Waals surface area contributed by atoms with Crippen LogP contribution in [-0.4, -0.2) is 34.5 Å². The van der Waals surface area contributed by atoms with Gasteiger partial charge in [-0.1, -0.05) is 6.07 Å². The van der Waals surface area contributed by atoms with Crippen molar-refractivity contribution in [1.82, 2.24) is 14.9 Å². The normalized spacial score (nSPS) is 12.5. The molecule has 0 fully saturated rings. The van der Waals surface area contributed by atoms with E-state index in [-0.39, 0.29) is 24.8 Å². The van der Waals surface area contributed by atoms with Gasteiger partial charge in [-0.3, -0.25) is 9.69 Å². The van der Waals surface area contributed by atoms with Crippen LogP contribution in [0.1, 0.15) is 46.5 Å². The van der Waals surface area contributed by atoms with Crippen molar-refractivity contribution in [2.75, 3.05) is 13.7 Å². The number of thiophene rings is 1. The van der Waals surface area contributed by atoms with E-state index in [4.69, 9.17) is 4.74 Å². The SMILES string of the molecule is CCOC(=O)c1sc2nc(C(C)N(C)Cc3ccc(F)cc3F)[nH]c(=O)c2c1C. The number of esters is 1. The highest BCUT2D eigenvalue weighted by molar-refractivity contribution is 7.20. The van der Waals surface area contributed by atoms with Gasteiger partial charge in [0.1, 0.15) is 27.2 Å². The first-order valence-corrected chi connectivity index (χ1v) is 9.89. The topological polar surface area (TPSA) is 75.3 Å². The van der Waals surface area contributed by atoms with E-state index < -0.39 is 17.6 Å². The van der Waals surface area contributed by atoms with E-state index in [1.807, 2.05) is 6.92 Å². The van der Waals surface area contributed by atoms with Crippen molar-refractivity contribution < 1.29 is 18.3 Å². The van der Waals surface area contributed by atoms with Crippen molar-refractivity contribution in [2.45, 2.75) is 33.4 Å². The third-order valence-electron chi connectivity index (χ3n) is 4.77. The predicted octanol–water partition coefficient (Wildman–Crippen LogP) is 3.94. The zero-order chi connectivity index (χ0) is 21.3. The maximum atomic E-state index is 14.0. The van der Waals surface area contributed by atoms with Crippen LogP contribution in [0, 0.1) is 18.6 Å². The molecule has 0 saturated heterocycles. The number of nitrogens with zero attached hydrogens (tertiary/aromatic N) is 2. The second kappa shape index (κ2) is 8.38. The van der Waals surface area contributed by atoms with Crippen molar-refractivity contribution in [2.24, 2.45) is 0 Å². The predicted molar refractivity (Wildman–Crippen MR) is 107 cm³/mol. The summed E-state index contributed by atoms with van der Waals surface area (Å²) in [5.74, 6) is -1.35. The zero-order valence-electron chi connectivity index (χ0n) is 16.5. The Morgan fingerprint density at radius 1 is 1.38 bits per heavy atom. The lowest BCUT2D eigenvalue weighted by Gasteiger charge is -2.24. The molecule has 9 heteroatoms. The maximum Gasteiger partial charge on any atom is 0.348 e. The number of carbonyl (C=O) groups excluding carboxylic acids is 1. The molecule has 0 bridgehead atoms. The van der Waals surface area contributed by atoms with Crippen LogP contribution >= 0.6 is 11.3 Å². The maximum absolute atomic E-state index is 14.0. The number of H-pyrrole nitrogens is 1. The van der Waals surface area contributed by atoms with Crippen LogP contribution in [0.2, 0.25) is 0 Å². The lowest BCUT2D eigenvalue weighted by Crippen LogP contribution is -2.26. The fourth-order valence-corrected chi connectivity index (χ4v) is 4.10. The Hall–Kier alpha value is -2.65. The number of hydrogen-bond acceptors (Lipinski definition) is 6. The molecule has 29 heavy (non-hydrogen) atoms. The number of benzene rings is 1. The smallest absolute Gasteiger partial charge is 0.348 e. The Balaban J connectivity index is 1.92. The molecule has 0 spiro atoms. The van der Waals surface area contributed by atoms with Gasteiger partial charge in [0.2, 0.25) is 0 Å². The molecular weight excluding hydrogens is 400 g/mol. The molecule has 6 nitrogen and oxygen atoms in total. The Bertz CT molecular complexity index is 1130. The molecule has 0 aliphatic rings. The van der Waals surface area contributed by atoms with E-state index in [1.165, 1.54) is 12.1 Å². The van der Waals surface area contributed by atoms with Crippen LogP contribution < -0.4 is 5.56 Å². The van der Waals surface area contributed by atoms with E-state index in [0.29, 0.717) is 32.0 Å². The van der Waals surface area contributed by atoms with Crippen LogP contribution in [0.25, 0.3) is 10.2 Å². The minimum Gasteiger partial charge on any atom is -0.462 e. The fourth-order valence-electron chi connectivity index (χ4n) is 3.01. The average Bonchev–Trinajstić information content (AvgIpc) is 3.00. The number of aryl methyl sites for hydroxylation is 1. The van der Waals surface area contributed by atoms with Gasteiger partial charge in [0.15, 0.2) is 0 Å². The molecule has 0 aliphatic heterocycles. The summed E-state index contributed by atoms with van der Waals surface area (Å²) in [7, 11) is 1.75. The van der Waals surface area contributed by atoms with Crippen LogP contribution in [-0.2, 0) is 11.3 Å². The van der Waals surface area contributed by atoms with Gasteiger partial charge >= 0.3 is 5.97 Å².